The summed E-state index contributed by atoms with van der Waals surface area (Å²) < 4.78 is 0. The van der Waals surface area contributed by atoms with E-state index in [1.165, 1.54) is 44.9 Å². The third-order valence-electron chi connectivity index (χ3n) is 4.06. The van der Waals surface area contributed by atoms with Crippen LogP contribution in [0.15, 0.2) is 24.3 Å². The molecule has 0 bridgehead atoms. The van der Waals surface area contributed by atoms with Crippen LogP contribution in [0.4, 0.5) is 0 Å². The zero-order valence-corrected chi connectivity index (χ0v) is 11.9. The molecule has 0 aromatic heterocycles. The van der Waals surface area contributed by atoms with Crippen molar-refractivity contribution in [1.29, 1.82) is 0 Å². The van der Waals surface area contributed by atoms with Crippen molar-refractivity contribution in [2.45, 2.75) is 70.9 Å². The van der Waals surface area contributed by atoms with Gasteiger partial charge in [-0.15, -0.1) is 0 Å². The van der Waals surface area contributed by atoms with E-state index in [0.29, 0.717) is 12.1 Å². The highest BCUT2D eigenvalue weighted by molar-refractivity contribution is 5.33. The van der Waals surface area contributed by atoms with Crippen LogP contribution in [0.5, 0.6) is 0 Å². The first-order valence-electron chi connectivity index (χ1n) is 7.62. The molecule has 1 aromatic rings. The average molecular weight is 245 g/mol. The Morgan fingerprint density at radius 2 is 1.78 bits per heavy atom. The molecule has 0 spiro atoms. The van der Waals surface area contributed by atoms with Crippen LogP contribution in [0.1, 0.15) is 57.1 Å². The molecule has 0 heterocycles. The van der Waals surface area contributed by atoms with Gasteiger partial charge in [0.05, 0.1) is 0 Å². The van der Waals surface area contributed by atoms with Crippen LogP contribution in [0.2, 0.25) is 0 Å². The van der Waals surface area contributed by atoms with Crippen molar-refractivity contribution in [2.75, 3.05) is 0 Å². The summed E-state index contributed by atoms with van der Waals surface area (Å²) in [4.78, 5) is 0. The molecule has 1 heteroatoms. The van der Waals surface area contributed by atoms with Crippen LogP contribution < -0.4 is 5.32 Å². The third-order valence-corrected chi connectivity index (χ3v) is 4.06. The number of unbranched alkanes of at least 4 members (excludes halogenated alkanes) is 3. The fourth-order valence-corrected chi connectivity index (χ4v) is 3.04. The molecule has 0 saturated heterocycles. The largest absolute Gasteiger partial charge is 0.311 e. The highest BCUT2D eigenvalue weighted by Crippen LogP contribution is 2.22. The lowest BCUT2D eigenvalue weighted by molar-refractivity contribution is 0.421. The van der Waals surface area contributed by atoms with Crippen molar-refractivity contribution in [3.05, 3.63) is 35.4 Å². The molecule has 0 radical (unpaired) electrons. The molecule has 0 fully saturated rings. The third kappa shape index (κ3) is 3.84. The van der Waals surface area contributed by atoms with E-state index in [4.69, 9.17) is 0 Å². The molecule has 2 rings (SSSR count). The first-order chi connectivity index (χ1) is 8.79. The maximum Gasteiger partial charge on any atom is 0.0150 e. The highest BCUT2D eigenvalue weighted by atomic mass is 14.9. The Balaban J connectivity index is 1.69. The molecule has 18 heavy (non-hydrogen) atoms. The summed E-state index contributed by atoms with van der Waals surface area (Å²) in [5.41, 5.74) is 3.10. The summed E-state index contributed by atoms with van der Waals surface area (Å²) in [6.07, 6.45) is 9.26. The van der Waals surface area contributed by atoms with Gasteiger partial charge in [0.25, 0.3) is 0 Å². The second-order valence-corrected chi connectivity index (χ2v) is 5.79. The molecular formula is C17H27N. The van der Waals surface area contributed by atoms with Gasteiger partial charge in [0.2, 0.25) is 0 Å². The zero-order chi connectivity index (χ0) is 12.8. The Morgan fingerprint density at radius 3 is 2.39 bits per heavy atom. The van der Waals surface area contributed by atoms with Gasteiger partial charge in [-0.1, -0.05) is 56.9 Å². The summed E-state index contributed by atoms with van der Waals surface area (Å²) in [6, 6.07) is 10.2. The van der Waals surface area contributed by atoms with Crippen molar-refractivity contribution >= 4 is 0 Å². The fraction of sp³-hybridized carbons (Fsp3) is 0.647. The molecule has 1 aliphatic carbocycles. The van der Waals surface area contributed by atoms with E-state index in [9.17, 15) is 0 Å². The molecule has 1 unspecified atom stereocenters. The Bertz CT molecular complexity index is 333. The summed E-state index contributed by atoms with van der Waals surface area (Å²) in [6.45, 7) is 4.62. The number of hydrogen-bond donors (Lipinski definition) is 1. The minimum atomic E-state index is 0.668. The van der Waals surface area contributed by atoms with Gasteiger partial charge in [-0.2, -0.15) is 0 Å². The lowest BCUT2D eigenvalue weighted by Gasteiger charge is -2.19. The van der Waals surface area contributed by atoms with Crippen LogP contribution in [-0.4, -0.2) is 12.1 Å². The molecule has 1 N–H and O–H groups in total. The smallest absolute Gasteiger partial charge is 0.0150 e. The molecule has 0 amide bonds. The Morgan fingerprint density at radius 1 is 1.11 bits per heavy atom. The summed E-state index contributed by atoms with van der Waals surface area (Å²) in [5.74, 6) is 0. The molecule has 1 atom stereocenters. The van der Waals surface area contributed by atoms with E-state index in [2.05, 4.69) is 43.4 Å². The average Bonchev–Trinajstić information content (AvgIpc) is 2.76. The molecule has 1 aliphatic rings. The lowest BCUT2D eigenvalue weighted by Crippen LogP contribution is -2.37. The first-order valence-corrected chi connectivity index (χ1v) is 7.62. The van der Waals surface area contributed by atoms with Gasteiger partial charge in [-0.25, -0.2) is 0 Å². The van der Waals surface area contributed by atoms with Gasteiger partial charge in [0.1, 0.15) is 0 Å². The number of fused-ring (bicyclic) bond motifs is 1. The SMILES string of the molecule is CCCCCCC(C)NC1Cc2ccccc2C1. The Kier molecular flexibility index (Phi) is 5.25. The van der Waals surface area contributed by atoms with Gasteiger partial charge >= 0.3 is 0 Å². The second kappa shape index (κ2) is 6.94. The topological polar surface area (TPSA) is 12.0 Å². The Hall–Kier alpha value is -0.820. The zero-order valence-electron chi connectivity index (χ0n) is 11.9. The van der Waals surface area contributed by atoms with Gasteiger partial charge in [-0.3, -0.25) is 0 Å². The number of rotatable bonds is 7. The number of benzene rings is 1. The van der Waals surface area contributed by atoms with E-state index in [1.807, 2.05) is 0 Å². The quantitative estimate of drug-likeness (QED) is 0.713. The lowest BCUT2D eigenvalue weighted by atomic mass is 10.1. The van der Waals surface area contributed by atoms with Crippen molar-refractivity contribution < 1.29 is 0 Å². The molecule has 0 aliphatic heterocycles. The minimum Gasteiger partial charge on any atom is -0.311 e. The predicted octanol–water partition coefficient (Wildman–Crippen LogP) is 4.10. The molecule has 1 nitrogen and oxygen atoms in total. The molecule has 0 saturated carbocycles. The van der Waals surface area contributed by atoms with Gasteiger partial charge in [0, 0.05) is 12.1 Å². The monoisotopic (exact) mass is 245 g/mol. The second-order valence-electron chi connectivity index (χ2n) is 5.79. The summed E-state index contributed by atoms with van der Waals surface area (Å²) in [7, 11) is 0. The maximum atomic E-state index is 3.80. The van der Waals surface area contributed by atoms with E-state index in [0.717, 1.165) is 0 Å². The van der Waals surface area contributed by atoms with Gasteiger partial charge in [0.15, 0.2) is 0 Å². The number of hydrogen-bond acceptors (Lipinski definition) is 1. The first kappa shape index (κ1) is 13.6. The highest BCUT2D eigenvalue weighted by Gasteiger charge is 2.21. The molecular weight excluding hydrogens is 218 g/mol. The summed E-state index contributed by atoms with van der Waals surface area (Å²) in [5, 5.41) is 3.80. The van der Waals surface area contributed by atoms with E-state index < -0.39 is 0 Å². The van der Waals surface area contributed by atoms with E-state index in [-0.39, 0.29) is 0 Å². The van der Waals surface area contributed by atoms with Crippen LogP contribution in [0, 0.1) is 0 Å². The van der Waals surface area contributed by atoms with E-state index >= 15 is 0 Å². The maximum absolute atomic E-state index is 3.80. The minimum absolute atomic E-state index is 0.668. The van der Waals surface area contributed by atoms with Crippen molar-refractivity contribution in [2.24, 2.45) is 0 Å². The van der Waals surface area contributed by atoms with Crippen LogP contribution in [0.3, 0.4) is 0 Å². The van der Waals surface area contributed by atoms with Crippen molar-refractivity contribution in [3.63, 3.8) is 0 Å². The number of nitrogens with one attached hydrogen (secondary N) is 1. The molecule has 1 aromatic carbocycles. The van der Waals surface area contributed by atoms with E-state index in [1.54, 1.807) is 11.1 Å². The summed E-state index contributed by atoms with van der Waals surface area (Å²) >= 11 is 0. The van der Waals surface area contributed by atoms with Crippen LogP contribution >= 0.6 is 0 Å². The van der Waals surface area contributed by atoms with Crippen molar-refractivity contribution in [3.8, 4) is 0 Å². The van der Waals surface area contributed by atoms with Gasteiger partial charge < -0.3 is 5.32 Å². The van der Waals surface area contributed by atoms with Crippen LogP contribution in [-0.2, 0) is 12.8 Å². The van der Waals surface area contributed by atoms with Crippen LogP contribution in [0.25, 0.3) is 0 Å². The Labute approximate surface area is 112 Å². The van der Waals surface area contributed by atoms with Crippen molar-refractivity contribution in [1.82, 2.24) is 5.32 Å². The standard InChI is InChI=1S/C17H27N/c1-3-4-5-6-9-14(2)18-17-12-15-10-7-8-11-16(15)13-17/h7-8,10-11,14,17-18H,3-6,9,12-13H2,1-2H3. The van der Waals surface area contributed by atoms with Gasteiger partial charge in [-0.05, 0) is 37.3 Å². The predicted molar refractivity (Wildman–Crippen MR) is 79.0 cm³/mol. The molecule has 100 valence electrons. The normalized spacial score (nSPS) is 16.8. The fourth-order valence-electron chi connectivity index (χ4n) is 3.04.